The highest BCUT2D eigenvalue weighted by Crippen LogP contribution is 2.07. The van der Waals surface area contributed by atoms with E-state index in [1.54, 1.807) is 31.1 Å². The monoisotopic (exact) mass is 227 g/mol. The molecule has 0 aliphatic carbocycles. The molecule has 82 valence electrons. The third-order valence-electron chi connectivity index (χ3n) is 1.97. The average Bonchev–Trinajstić information content (AvgIpc) is 2.20. The van der Waals surface area contributed by atoms with Crippen molar-refractivity contribution in [2.24, 2.45) is 5.73 Å². The molecule has 15 heavy (non-hydrogen) atoms. The van der Waals surface area contributed by atoms with E-state index >= 15 is 0 Å². The van der Waals surface area contributed by atoms with Crippen LogP contribution in [0.25, 0.3) is 0 Å². The molecule has 4 nitrogen and oxygen atoms in total. The van der Waals surface area contributed by atoms with Gasteiger partial charge in [-0.3, -0.25) is 4.79 Å². The Labute approximate surface area is 94.0 Å². The van der Waals surface area contributed by atoms with Gasteiger partial charge in [0, 0.05) is 19.8 Å². The molecule has 0 saturated carbocycles. The number of hydrogen-bond acceptors (Lipinski definition) is 3. The quantitative estimate of drug-likeness (QED) is 0.785. The molecule has 0 spiro atoms. The highest BCUT2D eigenvalue weighted by atomic mass is 35.5. The summed E-state index contributed by atoms with van der Waals surface area (Å²) in [5, 5.41) is 0.444. The highest BCUT2D eigenvalue weighted by molar-refractivity contribution is 6.29. The van der Waals surface area contributed by atoms with Gasteiger partial charge in [0.15, 0.2) is 0 Å². The summed E-state index contributed by atoms with van der Waals surface area (Å²) in [5.74, 6) is -0.0926. The molecule has 0 unspecified atom stereocenters. The van der Waals surface area contributed by atoms with Gasteiger partial charge in [0.1, 0.15) is 5.15 Å². The third kappa shape index (κ3) is 3.49. The summed E-state index contributed by atoms with van der Waals surface area (Å²) in [6.07, 6.45) is 1.65. The van der Waals surface area contributed by atoms with Crippen LogP contribution in [0.4, 0.5) is 0 Å². The van der Waals surface area contributed by atoms with E-state index in [-0.39, 0.29) is 5.91 Å². The summed E-state index contributed by atoms with van der Waals surface area (Å²) in [7, 11) is 1.71. The lowest BCUT2D eigenvalue weighted by Gasteiger charge is -2.19. The second-order valence-electron chi connectivity index (χ2n) is 3.47. The van der Waals surface area contributed by atoms with Crippen LogP contribution in [0.15, 0.2) is 18.3 Å². The first-order valence-electron chi connectivity index (χ1n) is 4.61. The number of pyridine rings is 1. The van der Waals surface area contributed by atoms with E-state index < -0.39 is 6.04 Å². The Hall–Kier alpha value is -1.13. The van der Waals surface area contributed by atoms with Crippen LogP contribution >= 0.6 is 11.6 Å². The number of aromatic nitrogens is 1. The van der Waals surface area contributed by atoms with Crippen molar-refractivity contribution in [1.29, 1.82) is 0 Å². The second-order valence-corrected chi connectivity index (χ2v) is 3.86. The lowest BCUT2D eigenvalue weighted by molar-refractivity contribution is -0.131. The van der Waals surface area contributed by atoms with Crippen molar-refractivity contribution in [2.45, 2.75) is 19.5 Å². The van der Waals surface area contributed by atoms with Gasteiger partial charge in [-0.1, -0.05) is 17.7 Å². The van der Waals surface area contributed by atoms with Gasteiger partial charge in [0.2, 0.25) is 5.91 Å². The van der Waals surface area contributed by atoms with E-state index in [9.17, 15) is 4.79 Å². The van der Waals surface area contributed by atoms with Crippen molar-refractivity contribution in [3.63, 3.8) is 0 Å². The molecule has 0 aromatic carbocycles. The molecule has 1 aromatic rings. The average molecular weight is 228 g/mol. The van der Waals surface area contributed by atoms with Gasteiger partial charge in [0.25, 0.3) is 0 Å². The number of nitrogens with two attached hydrogens (primary N) is 1. The van der Waals surface area contributed by atoms with Crippen LogP contribution in [-0.4, -0.2) is 28.9 Å². The van der Waals surface area contributed by atoms with Crippen molar-refractivity contribution < 1.29 is 4.79 Å². The Morgan fingerprint density at radius 3 is 2.80 bits per heavy atom. The van der Waals surface area contributed by atoms with Crippen LogP contribution in [-0.2, 0) is 11.3 Å². The molecule has 2 N–H and O–H groups in total. The number of carbonyl (C=O) groups is 1. The molecule has 5 heteroatoms. The lowest BCUT2D eigenvalue weighted by atomic mass is 10.2. The molecular weight excluding hydrogens is 214 g/mol. The van der Waals surface area contributed by atoms with Crippen LogP contribution < -0.4 is 5.73 Å². The molecule has 1 aromatic heterocycles. The van der Waals surface area contributed by atoms with Gasteiger partial charge in [-0.25, -0.2) is 4.98 Å². The predicted octanol–water partition coefficient (Wildman–Crippen LogP) is 1.04. The minimum Gasteiger partial charge on any atom is -0.340 e. The number of nitrogens with zero attached hydrogens (tertiary/aromatic N) is 2. The Kier molecular flexibility index (Phi) is 4.05. The van der Waals surface area contributed by atoms with Gasteiger partial charge >= 0.3 is 0 Å². The number of likely N-dealkylation sites (N-methyl/N-ethyl adjacent to an activating group) is 1. The summed E-state index contributed by atoms with van der Waals surface area (Å²) < 4.78 is 0. The normalized spacial score (nSPS) is 12.3. The molecule has 0 bridgehead atoms. The van der Waals surface area contributed by atoms with Gasteiger partial charge in [0.05, 0.1) is 6.04 Å². The summed E-state index contributed by atoms with van der Waals surface area (Å²) in [6, 6.07) is 3.05. The number of carbonyl (C=O) groups excluding carboxylic acids is 1. The molecule has 1 rings (SSSR count). The Bertz CT molecular complexity index is 337. The summed E-state index contributed by atoms with van der Waals surface area (Å²) in [5.41, 5.74) is 6.41. The molecule has 0 radical (unpaired) electrons. The van der Waals surface area contributed by atoms with Gasteiger partial charge in [-0.15, -0.1) is 0 Å². The topological polar surface area (TPSA) is 59.2 Å². The molecule has 0 aliphatic heterocycles. The van der Waals surface area contributed by atoms with Crippen LogP contribution in [0.3, 0.4) is 0 Å². The zero-order chi connectivity index (χ0) is 11.4. The Morgan fingerprint density at radius 1 is 1.67 bits per heavy atom. The first-order chi connectivity index (χ1) is 7.00. The van der Waals surface area contributed by atoms with Crippen LogP contribution in [0, 0.1) is 0 Å². The van der Waals surface area contributed by atoms with Gasteiger partial charge < -0.3 is 10.6 Å². The summed E-state index contributed by atoms with van der Waals surface area (Å²) in [6.45, 7) is 2.16. The van der Waals surface area contributed by atoms with Gasteiger partial charge in [-0.05, 0) is 18.6 Å². The standard InChI is InChI=1S/C10H14ClN3O/c1-7(12)10(15)14(2)6-8-3-4-9(11)13-5-8/h3-5,7H,6,12H2,1-2H3/t7-/m0/s1. The van der Waals surface area contributed by atoms with E-state index in [1.807, 2.05) is 6.07 Å². The number of hydrogen-bond donors (Lipinski definition) is 1. The molecule has 1 heterocycles. The van der Waals surface area contributed by atoms with Crippen LogP contribution in [0.1, 0.15) is 12.5 Å². The largest absolute Gasteiger partial charge is 0.340 e. The zero-order valence-corrected chi connectivity index (χ0v) is 9.53. The molecule has 1 amide bonds. The lowest BCUT2D eigenvalue weighted by Crippen LogP contribution is -2.39. The highest BCUT2D eigenvalue weighted by Gasteiger charge is 2.13. The van der Waals surface area contributed by atoms with E-state index in [1.165, 1.54) is 0 Å². The molecular formula is C10H14ClN3O. The first kappa shape index (κ1) is 11.9. The van der Waals surface area contributed by atoms with Crippen molar-refractivity contribution >= 4 is 17.5 Å². The minimum absolute atomic E-state index is 0.0926. The fraction of sp³-hybridized carbons (Fsp3) is 0.400. The maximum absolute atomic E-state index is 11.5. The molecule has 1 atom stereocenters. The SMILES string of the molecule is C[C@H](N)C(=O)N(C)Cc1ccc(Cl)nc1. The van der Waals surface area contributed by atoms with E-state index in [2.05, 4.69) is 4.98 Å². The Balaban J connectivity index is 2.62. The number of halogens is 1. The number of amides is 1. The fourth-order valence-electron chi connectivity index (χ4n) is 1.20. The summed E-state index contributed by atoms with van der Waals surface area (Å²) >= 11 is 5.65. The van der Waals surface area contributed by atoms with Crippen LogP contribution in [0.5, 0.6) is 0 Å². The molecule has 0 aliphatic rings. The van der Waals surface area contributed by atoms with Crippen molar-refractivity contribution in [3.8, 4) is 0 Å². The Morgan fingerprint density at radius 2 is 2.33 bits per heavy atom. The maximum atomic E-state index is 11.5. The van der Waals surface area contributed by atoms with E-state index in [0.29, 0.717) is 11.7 Å². The van der Waals surface area contributed by atoms with Crippen molar-refractivity contribution in [3.05, 3.63) is 29.0 Å². The van der Waals surface area contributed by atoms with Crippen LogP contribution in [0.2, 0.25) is 5.15 Å². The first-order valence-corrected chi connectivity index (χ1v) is 4.99. The second kappa shape index (κ2) is 5.09. The molecule has 0 fully saturated rings. The fourth-order valence-corrected chi connectivity index (χ4v) is 1.31. The van der Waals surface area contributed by atoms with E-state index in [4.69, 9.17) is 17.3 Å². The molecule has 0 saturated heterocycles. The third-order valence-corrected chi connectivity index (χ3v) is 2.20. The number of rotatable bonds is 3. The zero-order valence-electron chi connectivity index (χ0n) is 8.77. The maximum Gasteiger partial charge on any atom is 0.239 e. The summed E-state index contributed by atoms with van der Waals surface area (Å²) in [4.78, 5) is 17.0. The predicted molar refractivity (Wildman–Crippen MR) is 59.4 cm³/mol. The van der Waals surface area contributed by atoms with Gasteiger partial charge in [-0.2, -0.15) is 0 Å². The van der Waals surface area contributed by atoms with Crippen molar-refractivity contribution in [2.75, 3.05) is 7.05 Å². The minimum atomic E-state index is -0.477. The van der Waals surface area contributed by atoms with E-state index in [0.717, 1.165) is 5.56 Å². The smallest absolute Gasteiger partial charge is 0.239 e. The van der Waals surface area contributed by atoms with Crippen molar-refractivity contribution in [1.82, 2.24) is 9.88 Å².